The number of fused-ring (bicyclic) bond motifs is 1. The molecule has 0 saturated carbocycles. The zero-order valence-corrected chi connectivity index (χ0v) is 13.1. The lowest BCUT2D eigenvalue weighted by molar-refractivity contribution is 0.490. The van der Waals surface area contributed by atoms with Gasteiger partial charge < -0.3 is 5.32 Å². The highest BCUT2D eigenvalue weighted by molar-refractivity contribution is 7.92. The van der Waals surface area contributed by atoms with E-state index in [1.165, 1.54) is 5.56 Å². The molecule has 1 aromatic rings. The molecule has 0 fully saturated rings. The largest absolute Gasteiger partial charge is 0.313 e. The molecule has 1 aliphatic rings. The number of benzene rings is 1. The van der Waals surface area contributed by atoms with Crippen molar-refractivity contribution in [2.45, 2.75) is 55.7 Å². The van der Waals surface area contributed by atoms with Gasteiger partial charge in [-0.15, -0.1) is 0 Å². The van der Waals surface area contributed by atoms with E-state index in [1.54, 1.807) is 13.0 Å². The maximum Gasteiger partial charge on any atom is 0.181 e. The molecule has 0 bridgehead atoms. The average molecular weight is 281 g/mol. The molecule has 0 amide bonds. The van der Waals surface area contributed by atoms with Crippen LogP contribution in [0, 0.1) is 0 Å². The summed E-state index contributed by atoms with van der Waals surface area (Å²) in [5.74, 6) is 0. The van der Waals surface area contributed by atoms with Gasteiger partial charge in [0.1, 0.15) is 0 Å². The Labute approximate surface area is 116 Å². The van der Waals surface area contributed by atoms with Gasteiger partial charge >= 0.3 is 0 Å². The van der Waals surface area contributed by atoms with Crippen LogP contribution in [0.25, 0.3) is 0 Å². The molecule has 2 atom stereocenters. The van der Waals surface area contributed by atoms with Gasteiger partial charge in [0.2, 0.25) is 0 Å². The predicted octanol–water partition coefficient (Wildman–Crippen LogP) is 2.81. The van der Waals surface area contributed by atoms with Gasteiger partial charge in [-0.1, -0.05) is 32.9 Å². The summed E-state index contributed by atoms with van der Waals surface area (Å²) in [6.45, 7) is 8.22. The van der Waals surface area contributed by atoms with Crippen molar-refractivity contribution in [2.24, 2.45) is 0 Å². The summed E-state index contributed by atoms with van der Waals surface area (Å²) in [4.78, 5) is 0.499. The van der Waals surface area contributed by atoms with Crippen LogP contribution < -0.4 is 5.32 Å². The highest BCUT2D eigenvalue weighted by atomic mass is 32.2. The quantitative estimate of drug-likeness (QED) is 0.861. The molecule has 1 heterocycles. The second-order valence-corrected chi connectivity index (χ2v) is 8.77. The first-order valence-electron chi connectivity index (χ1n) is 6.73. The van der Waals surface area contributed by atoms with Crippen LogP contribution in [0.5, 0.6) is 0 Å². The summed E-state index contributed by atoms with van der Waals surface area (Å²) in [6, 6.07) is 5.91. The van der Waals surface area contributed by atoms with Crippen LogP contribution in [0.2, 0.25) is 0 Å². The zero-order valence-electron chi connectivity index (χ0n) is 12.3. The summed E-state index contributed by atoms with van der Waals surface area (Å²) in [5.41, 5.74) is 2.13. The number of rotatable bonds is 1. The van der Waals surface area contributed by atoms with E-state index in [4.69, 9.17) is 0 Å². The molecular formula is C15H23NO2S. The van der Waals surface area contributed by atoms with Crippen LogP contribution in [0.1, 0.15) is 51.3 Å². The lowest BCUT2D eigenvalue weighted by atomic mass is 9.85. The van der Waals surface area contributed by atoms with Crippen LogP contribution in [-0.4, -0.2) is 20.7 Å². The molecule has 19 heavy (non-hydrogen) atoms. The summed E-state index contributed by atoms with van der Waals surface area (Å²) < 4.78 is 24.8. The van der Waals surface area contributed by atoms with Gasteiger partial charge in [0.05, 0.1) is 10.1 Å². The molecule has 2 unspecified atom stereocenters. The number of hydrogen-bond donors (Lipinski definition) is 1. The van der Waals surface area contributed by atoms with Crippen LogP contribution in [0.15, 0.2) is 23.1 Å². The number of nitrogens with one attached hydrogen (secondary N) is 1. The molecule has 3 nitrogen and oxygen atoms in total. The molecule has 2 rings (SSSR count). The van der Waals surface area contributed by atoms with Crippen molar-refractivity contribution in [3.63, 3.8) is 0 Å². The normalized spacial score (nSPS) is 25.9. The lowest BCUT2D eigenvalue weighted by Gasteiger charge is -2.31. The number of hydrogen-bond acceptors (Lipinski definition) is 3. The first kappa shape index (κ1) is 14.5. The minimum absolute atomic E-state index is 0.0279. The SMILES string of the molecule is CNC1CC(C)S(=O)(=O)c2ccc(C(C)(C)C)cc21. The smallest absolute Gasteiger partial charge is 0.181 e. The van der Waals surface area contributed by atoms with E-state index in [-0.39, 0.29) is 16.7 Å². The molecule has 4 heteroatoms. The van der Waals surface area contributed by atoms with Gasteiger partial charge in [0.25, 0.3) is 0 Å². The molecule has 0 spiro atoms. The Hall–Kier alpha value is -0.870. The Kier molecular flexibility index (Phi) is 3.52. The fraction of sp³-hybridized carbons (Fsp3) is 0.600. The van der Waals surface area contributed by atoms with Crippen molar-refractivity contribution in [2.75, 3.05) is 7.05 Å². The maximum atomic E-state index is 12.4. The van der Waals surface area contributed by atoms with Crippen molar-refractivity contribution >= 4 is 9.84 Å². The molecule has 0 saturated heterocycles. The van der Waals surface area contributed by atoms with E-state index in [0.29, 0.717) is 11.3 Å². The molecule has 1 aromatic carbocycles. The second kappa shape index (κ2) is 4.60. The fourth-order valence-electron chi connectivity index (χ4n) is 2.62. The first-order chi connectivity index (χ1) is 8.67. The molecule has 0 radical (unpaired) electrons. The molecule has 1 aliphatic heterocycles. The standard InChI is InChI=1S/C15H23NO2S/c1-10-8-13(16-5)12-9-11(15(2,3)4)6-7-14(12)19(10,17)18/h6-7,9-10,13,16H,8H2,1-5H3. The third-order valence-electron chi connectivity index (χ3n) is 4.00. The lowest BCUT2D eigenvalue weighted by Crippen LogP contribution is -2.33. The minimum atomic E-state index is -3.17. The highest BCUT2D eigenvalue weighted by Gasteiger charge is 2.36. The van der Waals surface area contributed by atoms with E-state index in [0.717, 1.165) is 5.56 Å². The zero-order chi connectivity index (χ0) is 14.4. The van der Waals surface area contributed by atoms with Crippen molar-refractivity contribution in [3.8, 4) is 0 Å². The summed E-state index contributed by atoms with van der Waals surface area (Å²) in [7, 11) is -1.27. The average Bonchev–Trinajstić information content (AvgIpc) is 2.32. The monoisotopic (exact) mass is 281 g/mol. The summed E-state index contributed by atoms with van der Waals surface area (Å²) in [5, 5.41) is 2.92. The topological polar surface area (TPSA) is 46.2 Å². The molecular weight excluding hydrogens is 258 g/mol. The van der Waals surface area contributed by atoms with Crippen LogP contribution in [-0.2, 0) is 15.3 Å². The van der Waals surface area contributed by atoms with Gasteiger partial charge in [-0.05, 0) is 43.0 Å². The Balaban J connectivity index is 2.65. The Morgan fingerprint density at radius 3 is 2.42 bits per heavy atom. The molecule has 0 aliphatic carbocycles. The van der Waals surface area contributed by atoms with Crippen LogP contribution in [0.3, 0.4) is 0 Å². The van der Waals surface area contributed by atoms with Crippen LogP contribution in [0.4, 0.5) is 0 Å². The van der Waals surface area contributed by atoms with Gasteiger partial charge in [-0.3, -0.25) is 0 Å². The van der Waals surface area contributed by atoms with Gasteiger partial charge in [-0.25, -0.2) is 8.42 Å². The van der Waals surface area contributed by atoms with Crippen LogP contribution >= 0.6 is 0 Å². The van der Waals surface area contributed by atoms with E-state index in [1.807, 2.05) is 13.1 Å². The second-order valence-electron chi connectivity index (χ2n) is 6.44. The molecule has 1 N–H and O–H groups in total. The van der Waals surface area contributed by atoms with Gasteiger partial charge in [-0.2, -0.15) is 0 Å². The third-order valence-corrected chi connectivity index (χ3v) is 6.24. The van der Waals surface area contributed by atoms with E-state index < -0.39 is 9.84 Å². The first-order valence-corrected chi connectivity index (χ1v) is 8.28. The fourth-order valence-corrected chi connectivity index (χ4v) is 4.29. The maximum absolute atomic E-state index is 12.4. The van der Waals surface area contributed by atoms with E-state index >= 15 is 0 Å². The molecule has 0 aromatic heterocycles. The Morgan fingerprint density at radius 1 is 1.26 bits per heavy atom. The number of sulfone groups is 1. The molecule has 106 valence electrons. The predicted molar refractivity (Wildman–Crippen MR) is 78.2 cm³/mol. The van der Waals surface area contributed by atoms with Crippen molar-refractivity contribution in [1.29, 1.82) is 0 Å². The van der Waals surface area contributed by atoms with Gasteiger partial charge in [0.15, 0.2) is 9.84 Å². The van der Waals surface area contributed by atoms with Crippen molar-refractivity contribution in [1.82, 2.24) is 5.32 Å². The minimum Gasteiger partial charge on any atom is -0.313 e. The van der Waals surface area contributed by atoms with E-state index in [9.17, 15) is 8.42 Å². The third kappa shape index (κ3) is 2.43. The highest BCUT2D eigenvalue weighted by Crippen LogP contribution is 2.38. The Morgan fingerprint density at radius 2 is 1.89 bits per heavy atom. The summed E-state index contributed by atoms with van der Waals surface area (Å²) in [6.07, 6.45) is 0.638. The van der Waals surface area contributed by atoms with E-state index in [2.05, 4.69) is 32.2 Å². The van der Waals surface area contributed by atoms with Crippen molar-refractivity contribution in [3.05, 3.63) is 29.3 Å². The van der Waals surface area contributed by atoms with Crippen molar-refractivity contribution < 1.29 is 8.42 Å². The Bertz CT molecular complexity index is 585. The summed E-state index contributed by atoms with van der Waals surface area (Å²) >= 11 is 0. The van der Waals surface area contributed by atoms with Gasteiger partial charge in [0, 0.05) is 6.04 Å².